The zero-order valence-corrected chi connectivity index (χ0v) is 10.6. The van der Waals surface area contributed by atoms with Crippen molar-refractivity contribution in [3.05, 3.63) is 0 Å². The summed E-state index contributed by atoms with van der Waals surface area (Å²) in [7, 11) is 1.78. The smallest absolute Gasteiger partial charge is 0.242 e. The van der Waals surface area contributed by atoms with Crippen LogP contribution < -0.4 is 0 Å². The Balaban J connectivity index is 2.43. The Kier molecular flexibility index (Phi) is 5.43. The maximum atomic E-state index is 12.2. The van der Waals surface area contributed by atoms with E-state index in [1.165, 1.54) is 0 Å². The van der Waals surface area contributed by atoms with Gasteiger partial charge in [0.1, 0.15) is 5.41 Å². The lowest BCUT2D eigenvalue weighted by molar-refractivity contribution is -0.137. The van der Waals surface area contributed by atoms with E-state index in [0.29, 0.717) is 19.4 Å². The van der Waals surface area contributed by atoms with Gasteiger partial charge in [0.2, 0.25) is 5.91 Å². The summed E-state index contributed by atoms with van der Waals surface area (Å²) >= 11 is 0. The molecule has 96 valence electrons. The highest BCUT2D eigenvalue weighted by Crippen LogP contribution is 2.38. The van der Waals surface area contributed by atoms with Crippen LogP contribution in [0.3, 0.4) is 0 Å². The van der Waals surface area contributed by atoms with Gasteiger partial charge in [0.25, 0.3) is 0 Å². The van der Waals surface area contributed by atoms with E-state index in [-0.39, 0.29) is 12.5 Å². The fourth-order valence-electron chi connectivity index (χ4n) is 2.46. The summed E-state index contributed by atoms with van der Waals surface area (Å²) in [6.07, 6.45) is 5.99. The van der Waals surface area contributed by atoms with Crippen LogP contribution in [0.25, 0.3) is 0 Å². The van der Waals surface area contributed by atoms with Crippen LogP contribution in [0.1, 0.15) is 44.9 Å². The number of rotatable bonds is 6. The number of carbonyl (C=O) groups is 1. The summed E-state index contributed by atoms with van der Waals surface area (Å²) in [5, 5.41) is 17.9. The van der Waals surface area contributed by atoms with Crippen LogP contribution in [-0.4, -0.2) is 36.1 Å². The van der Waals surface area contributed by atoms with E-state index in [1.807, 2.05) is 0 Å². The zero-order valence-electron chi connectivity index (χ0n) is 10.6. The number of aliphatic hydroxyl groups is 1. The molecule has 0 aromatic carbocycles. The number of nitriles is 1. The van der Waals surface area contributed by atoms with Crippen LogP contribution in [0.5, 0.6) is 0 Å². The number of hydrogen-bond acceptors (Lipinski definition) is 3. The lowest BCUT2D eigenvalue weighted by Crippen LogP contribution is -2.40. The summed E-state index contributed by atoms with van der Waals surface area (Å²) in [6, 6.07) is 2.23. The van der Waals surface area contributed by atoms with Crippen LogP contribution in [0, 0.1) is 16.7 Å². The molecule has 1 amide bonds. The monoisotopic (exact) mass is 238 g/mol. The molecular formula is C13H22N2O2. The molecule has 1 saturated carbocycles. The van der Waals surface area contributed by atoms with Crippen LogP contribution in [0.2, 0.25) is 0 Å². The summed E-state index contributed by atoms with van der Waals surface area (Å²) in [5.74, 6) is -0.0125. The molecule has 1 fully saturated rings. The number of nitrogens with zero attached hydrogens (tertiary/aromatic N) is 2. The molecule has 1 N–H and O–H groups in total. The highest BCUT2D eigenvalue weighted by Gasteiger charge is 2.42. The van der Waals surface area contributed by atoms with Crippen LogP contribution in [-0.2, 0) is 4.79 Å². The first-order valence-corrected chi connectivity index (χ1v) is 6.44. The van der Waals surface area contributed by atoms with Gasteiger partial charge >= 0.3 is 0 Å². The Bertz CT molecular complexity index is 290. The van der Waals surface area contributed by atoms with Gasteiger partial charge in [-0.15, -0.1) is 0 Å². The van der Waals surface area contributed by atoms with Crippen LogP contribution >= 0.6 is 0 Å². The molecule has 0 spiro atoms. The van der Waals surface area contributed by atoms with Crippen molar-refractivity contribution in [1.29, 1.82) is 5.26 Å². The topological polar surface area (TPSA) is 64.3 Å². The molecule has 0 saturated heterocycles. The van der Waals surface area contributed by atoms with Crippen molar-refractivity contribution in [2.24, 2.45) is 5.41 Å². The second-order valence-electron chi connectivity index (χ2n) is 4.91. The Hall–Kier alpha value is -1.08. The minimum atomic E-state index is -0.744. The molecule has 1 aliphatic carbocycles. The minimum Gasteiger partial charge on any atom is -0.396 e. The van der Waals surface area contributed by atoms with Gasteiger partial charge in [0.15, 0.2) is 0 Å². The molecule has 17 heavy (non-hydrogen) atoms. The average Bonchev–Trinajstić information content (AvgIpc) is 2.83. The molecule has 0 heterocycles. The van der Waals surface area contributed by atoms with E-state index in [0.717, 1.165) is 32.1 Å². The number of aliphatic hydroxyl groups excluding tert-OH is 1. The van der Waals surface area contributed by atoms with E-state index in [9.17, 15) is 10.1 Å². The van der Waals surface area contributed by atoms with Gasteiger partial charge < -0.3 is 10.0 Å². The summed E-state index contributed by atoms with van der Waals surface area (Å²) in [5.41, 5.74) is -0.744. The maximum absolute atomic E-state index is 12.2. The van der Waals surface area contributed by atoms with Crippen molar-refractivity contribution in [1.82, 2.24) is 4.90 Å². The third-order valence-corrected chi connectivity index (χ3v) is 3.58. The predicted molar refractivity (Wildman–Crippen MR) is 65.1 cm³/mol. The largest absolute Gasteiger partial charge is 0.396 e. The second-order valence-corrected chi connectivity index (χ2v) is 4.91. The van der Waals surface area contributed by atoms with E-state index in [2.05, 4.69) is 6.07 Å². The minimum absolute atomic E-state index is 0.0125. The van der Waals surface area contributed by atoms with E-state index < -0.39 is 5.41 Å². The summed E-state index contributed by atoms with van der Waals surface area (Å²) in [6.45, 7) is 0.891. The van der Waals surface area contributed by atoms with Crippen molar-refractivity contribution in [3.8, 4) is 6.07 Å². The molecule has 0 unspecified atom stereocenters. The Labute approximate surface area is 103 Å². The third kappa shape index (κ3) is 3.44. The molecule has 1 rings (SSSR count). The fourth-order valence-corrected chi connectivity index (χ4v) is 2.46. The van der Waals surface area contributed by atoms with Gasteiger partial charge in [-0.2, -0.15) is 5.26 Å². The van der Waals surface area contributed by atoms with E-state index in [4.69, 9.17) is 5.11 Å². The SMILES string of the molecule is CN(CCCCCO)C(=O)C1(C#N)CCCC1. The van der Waals surface area contributed by atoms with Crippen molar-refractivity contribution >= 4 is 5.91 Å². The normalized spacial score (nSPS) is 17.7. The first-order chi connectivity index (χ1) is 8.16. The van der Waals surface area contributed by atoms with E-state index in [1.54, 1.807) is 11.9 Å². The van der Waals surface area contributed by atoms with E-state index >= 15 is 0 Å². The van der Waals surface area contributed by atoms with Gasteiger partial charge in [-0.3, -0.25) is 4.79 Å². The number of carbonyl (C=O) groups excluding carboxylic acids is 1. The molecule has 1 aliphatic rings. The molecule has 0 aliphatic heterocycles. The first kappa shape index (κ1) is 14.0. The first-order valence-electron chi connectivity index (χ1n) is 6.44. The molecule has 0 bridgehead atoms. The second kappa shape index (κ2) is 6.61. The molecule has 0 atom stereocenters. The van der Waals surface area contributed by atoms with Gasteiger partial charge in [-0.25, -0.2) is 0 Å². The molecule has 4 heteroatoms. The molecule has 0 radical (unpaired) electrons. The highest BCUT2D eigenvalue weighted by molar-refractivity contribution is 5.85. The Morgan fingerprint density at radius 1 is 1.35 bits per heavy atom. The van der Waals surface area contributed by atoms with Crippen molar-refractivity contribution in [2.75, 3.05) is 20.2 Å². The van der Waals surface area contributed by atoms with Crippen LogP contribution in [0.4, 0.5) is 0 Å². The Morgan fingerprint density at radius 2 is 2.00 bits per heavy atom. The third-order valence-electron chi connectivity index (χ3n) is 3.58. The van der Waals surface area contributed by atoms with Crippen LogP contribution in [0.15, 0.2) is 0 Å². The summed E-state index contributed by atoms with van der Waals surface area (Å²) in [4.78, 5) is 13.9. The molecular weight excluding hydrogens is 216 g/mol. The lowest BCUT2D eigenvalue weighted by atomic mass is 9.86. The number of amides is 1. The van der Waals surface area contributed by atoms with Crippen molar-refractivity contribution in [2.45, 2.75) is 44.9 Å². The summed E-state index contributed by atoms with van der Waals surface area (Å²) < 4.78 is 0. The standard InChI is InChI=1S/C13H22N2O2/c1-15(9-5-2-6-10-16)12(17)13(11-14)7-3-4-8-13/h16H,2-10H2,1H3. The van der Waals surface area contributed by atoms with Gasteiger partial charge in [-0.05, 0) is 32.1 Å². The quantitative estimate of drug-likeness (QED) is 0.716. The predicted octanol–water partition coefficient (Wildman–Crippen LogP) is 1.69. The van der Waals surface area contributed by atoms with Crippen molar-refractivity contribution in [3.63, 3.8) is 0 Å². The number of hydrogen-bond donors (Lipinski definition) is 1. The molecule has 0 aromatic heterocycles. The van der Waals surface area contributed by atoms with Gasteiger partial charge in [-0.1, -0.05) is 12.8 Å². The zero-order chi connectivity index (χ0) is 12.7. The fraction of sp³-hybridized carbons (Fsp3) is 0.846. The maximum Gasteiger partial charge on any atom is 0.242 e. The van der Waals surface area contributed by atoms with Gasteiger partial charge in [0, 0.05) is 20.2 Å². The molecule has 0 aromatic rings. The highest BCUT2D eigenvalue weighted by atomic mass is 16.2. The number of unbranched alkanes of at least 4 members (excludes halogenated alkanes) is 2. The van der Waals surface area contributed by atoms with Gasteiger partial charge in [0.05, 0.1) is 6.07 Å². The Morgan fingerprint density at radius 3 is 2.53 bits per heavy atom. The van der Waals surface area contributed by atoms with Crippen molar-refractivity contribution < 1.29 is 9.90 Å². The average molecular weight is 238 g/mol. The lowest BCUT2D eigenvalue weighted by Gasteiger charge is -2.26. The molecule has 4 nitrogen and oxygen atoms in total.